The minimum atomic E-state index is -0.384. The molecule has 1 aliphatic rings. The molecule has 1 amide bonds. The fraction of sp³-hybridized carbons (Fsp3) is 0.300. The standard InChI is InChI=1S/C10H11FN2O/c11-7-2-1-6-3-8(5-12)13-10(14)9(6)4-7/h1-2,4,8H,3,5,12H2,(H,13,14). The van der Waals surface area contributed by atoms with Crippen LogP contribution in [0, 0.1) is 5.82 Å². The molecular weight excluding hydrogens is 183 g/mol. The molecular formula is C10H11FN2O. The van der Waals surface area contributed by atoms with E-state index in [2.05, 4.69) is 5.32 Å². The first kappa shape index (κ1) is 9.15. The molecule has 1 heterocycles. The number of fused-ring (bicyclic) bond motifs is 1. The summed E-state index contributed by atoms with van der Waals surface area (Å²) < 4.78 is 12.8. The van der Waals surface area contributed by atoms with Crippen molar-refractivity contribution in [1.82, 2.24) is 5.32 Å². The minimum absolute atomic E-state index is 0.0274. The number of rotatable bonds is 1. The molecule has 4 heteroatoms. The fourth-order valence-electron chi connectivity index (χ4n) is 1.66. The first-order valence-electron chi connectivity index (χ1n) is 4.50. The van der Waals surface area contributed by atoms with Crippen molar-refractivity contribution in [3.63, 3.8) is 0 Å². The Morgan fingerprint density at radius 1 is 1.57 bits per heavy atom. The first-order valence-corrected chi connectivity index (χ1v) is 4.50. The van der Waals surface area contributed by atoms with E-state index in [-0.39, 0.29) is 17.8 Å². The molecule has 3 N–H and O–H groups in total. The Morgan fingerprint density at radius 3 is 3.07 bits per heavy atom. The normalized spacial score (nSPS) is 20.1. The number of halogens is 1. The predicted octanol–water partition coefficient (Wildman–Crippen LogP) is 0.439. The van der Waals surface area contributed by atoms with Gasteiger partial charge in [0.15, 0.2) is 0 Å². The molecule has 0 saturated heterocycles. The van der Waals surface area contributed by atoms with Gasteiger partial charge in [0.2, 0.25) is 0 Å². The van der Waals surface area contributed by atoms with Crippen molar-refractivity contribution in [2.45, 2.75) is 12.5 Å². The van der Waals surface area contributed by atoms with Gasteiger partial charge in [0.25, 0.3) is 5.91 Å². The molecule has 1 aromatic carbocycles. The van der Waals surface area contributed by atoms with Gasteiger partial charge in [-0.1, -0.05) is 6.07 Å². The lowest BCUT2D eigenvalue weighted by atomic mass is 9.95. The largest absolute Gasteiger partial charge is 0.348 e. The highest BCUT2D eigenvalue weighted by Gasteiger charge is 2.23. The molecule has 2 rings (SSSR count). The van der Waals surface area contributed by atoms with Crippen LogP contribution in [-0.2, 0) is 6.42 Å². The van der Waals surface area contributed by atoms with Crippen LogP contribution in [0.2, 0.25) is 0 Å². The smallest absolute Gasteiger partial charge is 0.251 e. The monoisotopic (exact) mass is 194 g/mol. The van der Waals surface area contributed by atoms with E-state index in [9.17, 15) is 9.18 Å². The number of hydrogen-bond acceptors (Lipinski definition) is 2. The lowest BCUT2D eigenvalue weighted by Crippen LogP contribution is -2.45. The van der Waals surface area contributed by atoms with Crippen molar-refractivity contribution < 1.29 is 9.18 Å². The maximum absolute atomic E-state index is 12.8. The van der Waals surface area contributed by atoms with E-state index in [0.29, 0.717) is 18.5 Å². The maximum Gasteiger partial charge on any atom is 0.251 e. The van der Waals surface area contributed by atoms with Gasteiger partial charge in [-0.3, -0.25) is 4.79 Å². The molecule has 14 heavy (non-hydrogen) atoms. The molecule has 0 bridgehead atoms. The van der Waals surface area contributed by atoms with E-state index in [1.54, 1.807) is 6.07 Å². The van der Waals surface area contributed by atoms with Crippen LogP contribution in [0.5, 0.6) is 0 Å². The quantitative estimate of drug-likeness (QED) is 0.681. The number of carbonyl (C=O) groups is 1. The maximum atomic E-state index is 12.8. The van der Waals surface area contributed by atoms with Gasteiger partial charge in [0.1, 0.15) is 5.82 Å². The fourth-order valence-corrected chi connectivity index (χ4v) is 1.66. The van der Waals surface area contributed by atoms with Crippen molar-refractivity contribution in [2.75, 3.05) is 6.54 Å². The molecule has 1 unspecified atom stereocenters. The molecule has 0 radical (unpaired) electrons. The third-order valence-electron chi connectivity index (χ3n) is 2.40. The van der Waals surface area contributed by atoms with Crippen molar-refractivity contribution in [1.29, 1.82) is 0 Å². The Balaban J connectivity index is 2.40. The molecule has 1 aliphatic heterocycles. The lowest BCUT2D eigenvalue weighted by Gasteiger charge is -2.24. The van der Waals surface area contributed by atoms with Gasteiger partial charge < -0.3 is 11.1 Å². The summed E-state index contributed by atoms with van der Waals surface area (Å²) in [7, 11) is 0. The average molecular weight is 194 g/mol. The Bertz CT molecular complexity index is 378. The summed E-state index contributed by atoms with van der Waals surface area (Å²) >= 11 is 0. The minimum Gasteiger partial charge on any atom is -0.348 e. The van der Waals surface area contributed by atoms with Gasteiger partial charge in [0, 0.05) is 18.2 Å². The molecule has 0 spiro atoms. The summed E-state index contributed by atoms with van der Waals surface area (Å²) in [6, 6.07) is 4.24. The van der Waals surface area contributed by atoms with E-state index in [0.717, 1.165) is 5.56 Å². The van der Waals surface area contributed by atoms with Crippen LogP contribution in [-0.4, -0.2) is 18.5 Å². The number of nitrogens with two attached hydrogens (primary N) is 1. The van der Waals surface area contributed by atoms with Crippen LogP contribution in [0.3, 0.4) is 0 Å². The number of nitrogens with one attached hydrogen (secondary N) is 1. The second-order valence-electron chi connectivity index (χ2n) is 3.41. The highest BCUT2D eigenvalue weighted by atomic mass is 19.1. The Kier molecular flexibility index (Phi) is 2.21. The predicted molar refractivity (Wildman–Crippen MR) is 50.4 cm³/mol. The summed E-state index contributed by atoms with van der Waals surface area (Å²) in [5.74, 6) is -0.619. The lowest BCUT2D eigenvalue weighted by molar-refractivity contribution is 0.0926. The molecule has 0 aromatic heterocycles. The summed E-state index contributed by atoms with van der Waals surface area (Å²) in [4.78, 5) is 11.5. The van der Waals surface area contributed by atoms with E-state index in [1.165, 1.54) is 12.1 Å². The summed E-state index contributed by atoms with van der Waals surface area (Å²) in [5, 5.41) is 2.72. The van der Waals surface area contributed by atoms with Crippen LogP contribution in [0.15, 0.2) is 18.2 Å². The van der Waals surface area contributed by atoms with Crippen molar-refractivity contribution in [3.8, 4) is 0 Å². The highest BCUT2D eigenvalue weighted by Crippen LogP contribution is 2.17. The van der Waals surface area contributed by atoms with E-state index < -0.39 is 0 Å². The van der Waals surface area contributed by atoms with Gasteiger partial charge in [-0.2, -0.15) is 0 Å². The zero-order valence-electron chi connectivity index (χ0n) is 7.59. The molecule has 0 saturated carbocycles. The number of amides is 1. The van der Waals surface area contributed by atoms with E-state index >= 15 is 0 Å². The molecule has 1 aromatic rings. The molecule has 0 fully saturated rings. The first-order chi connectivity index (χ1) is 6.70. The summed E-state index contributed by atoms with van der Waals surface area (Å²) in [6.07, 6.45) is 0.678. The molecule has 74 valence electrons. The van der Waals surface area contributed by atoms with Crippen molar-refractivity contribution in [2.24, 2.45) is 5.73 Å². The number of benzene rings is 1. The van der Waals surface area contributed by atoms with Crippen molar-refractivity contribution in [3.05, 3.63) is 35.1 Å². The summed E-state index contributed by atoms with van der Waals surface area (Å²) in [5.41, 5.74) is 6.76. The topological polar surface area (TPSA) is 55.1 Å². The zero-order valence-corrected chi connectivity index (χ0v) is 7.59. The van der Waals surface area contributed by atoms with Gasteiger partial charge in [-0.15, -0.1) is 0 Å². The van der Waals surface area contributed by atoms with Gasteiger partial charge in [-0.25, -0.2) is 4.39 Å². The van der Waals surface area contributed by atoms with Gasteiger partial charge in [0.05, 0.1) is 0 Å². The highest BCUT2D eigenvalue weighted by molar-refractivity contribution is 5.97. The number of hydrogen-bond donors (Lipinski definition) is 2. The Morgan fingerprint density at radius 2 is 2.36 bits per heavy atom. The summed E-state index contributed by atoms with van der Waals surface area (Å²) in [6.45, 7) is 0.405. The Hall–Kier alpha value is -1.42. The van der Waals surface area contributed by atoms with Gasteiger partial charge in [-0.05, 0) is 24.1 Å². The van der Waals surface area contributed by atoms with Crippen LogP contribution in [0.4, 0.5) is 4.39 Å². The van der Waals surface area contributed by atoms with E-state index in [4.69, 9.17) is 5.73 Å². The average Bonchev–Trinajstić information content (AvgIpc) is 2.19. The number of carbonyl (C=O) groups excluding carboxylic acids is 1. The van der Waals surface area contributed by atoms with E-state index in [1.807, 2.05) is 0 Å². The molecule has 3 nitrogen and oxygen atoms in total. The molecule has 1 atom stereocenters. The second kappa shape index (κ2) is 3.38. The third-order valence-corrected chi connectivity index (χ3v) is 2.40. The van der Waals surface area contributed by atoms with Gasteiger partial charge >= 0.3 is 0 Å². The Labute approximate surface area is 81.1 Å². The van der Waals surface area contributed by atoms with Crippen LogP contribution >= 0.6 is 0 Å². The van der Waals surface area contributed by atoms with Crippen LogP contribution in [0.1, 0.15) is 15.9 Å². The molecule has 0 aliphatic carbocycles. The van der Waals surface area contributed by atoms with Crippen LogP contribution < -0.4 is 11.1 Å². The third kappa shape index (κ3) is 1.48. The van der Waals surface area contributed by atoms with Crippen LogP contribution in [0.25, 0.3) is 0 Å². The SMILES string of the molecule is NCC1Cc2ccc(F)cc2C(=O)N1. The zero-order chi connectivity index (χ0) is 10.1. The van der Waals surface area contributed by atoms with Crippen molar-refractivity contribution >= 4 is 5.91 Å². The second-order valence-corrected chi connectivity index (χ2v) is 3.41.